The van der Waals surface area contributed by atoms with E-state index in [1.165, 1.54) is 18.2 Å². The molecule has 6 heteroatoms. The van der Waals surface area contributed by atoms with Crippen LogP contribution in [-0.4, -0.2) is 19.1 Å². The SMILES string of the molecule is CCNC(CC(=O)OCC)c1ccccc1C(F)(F)F. The molecule has 0 saturated heterocycles. The highest BCUT2D eigenvalue weighted by atomic mass is 19.4. The topological polar surface area (TPSA) is 38.3 Å². The number of hydrogen-bond donors (Lipinski definition) is 1. The van der Waals surface area contributed by atoms with Gasteiger partial charge in [-0.2, -0.15) is 13.2 Å². The Kier molecular flexibility index (Phi) is 6.01. The van der Waals surface area contributed by atoms with Gasteiger partial charge in [0.2, 0.25) is 0 Å². The van der Waals surface area contributed by atoms with Gasteiger partial charge in [-0.3, -0.25) is 4.79 Å². The number of ether oxygens (including phenoxy) is 1. The lowest BCUT2D eigenvalue weighted by Gasteiger charge is -2.21. The Hall–Kier alpha value is -1.56. The summed E-state index contributed by atoms with van der Waals surface area (Å²) in [5.74, 6) is -0.518. The largest absolute Gasteiger partial charge is 0.466 e. The van der Waals surface area contributed by atoms with Crippen molar-refractivity contribution in [3.8, 4) is 0 Å². The van der Waals surface area contributed by atoms with Crippen LogP contribution in [0.3, 0.4) is 0 Å². The molecule has 0 aromatic heterocycles. The van der Waals surface area contributed by atoms with Gasteiger partial charge in [0.15, 0.2) is 0 Å². The molecule has 0 heterocycles. The van der Waals surface area contributed by atoms with Crippen LogP contribution < -0.4 is 5.32 Å². The first-order valence-electron chi connectivity index (χ1n) is 6.45. The molecular weight excluding hydrogens is 271 g/mol. The summed E-state index contributed by atoms with van der Waals surface area (Å²) in [6, 6.07) is 4.55. The van der Waals surface area contributed by atoms with Crippen LogP contribution >= 0.6 is 0 Å². The number of benzene rings is 1. The average Bonchev–Trinajstić information content (AvgIpc) is 2.37. The highest BCUT2D eigenvalue weighted by Crippen LogP contribution is 2.35. The van der Waals surface area contributed by atoms with Gasteiger partial charge >= 0.3 is 12.1 Å². The minimum atomic E-state index is -4.45. The third-order valence-corrected chi connectivity index (χ3v) is 2.77. The Morgan fingerprint density at radius 2 is 1.95 bits per heavy atom. The van der Waals surface area contributed by atoms with Gasteiger partial charge in [0.05, 0.1) is 18.6 Å². The third-order valence-electron chi connectivity index (χ3n) is 2.77. The van der Waals surface area contributed by atoms with Gasteiger partial charge in [0.25, 0.3) is 0 Å². The number of esters is 1. The number of carbonyl (C=O) groups is 1. The van der Waals surface area contributed by atoms with E-state index in [1.807, 2.05) is 0 Å². The predicted molar refractivity (Wildman–Crippen MR) is 69.1 cm³/mol. The van der Waals surface area contributed by atoms with Crippen LogP contribution in [0.1, 0.15) is 37.4 Å². The van der Waals surface area contributed by atoms with Crippen LogP contribution in [0.2, 0.25) is 0 Å². The molecule has 0 bridgehead atoms. The van der Waals surface area contributed by atoms with Gasteiger partial charge < -0.3 is 10.1 Å². The van der Waals surface area contributed by atoms with Gasteiger partial charge in [-0.05, 0) is 25.1 Å². The first-order chi connectivity index (χ1) is 9.40. The molecule has 1 atom stereocenters. The smallest absolute Gasteiger partial charge is 0.416 e. The summed E-state index contributed by atoms with van der Waals surface area (Å²) in [7, 11) is 0. The molecule has 1 rings (SSSR count). The Morgan fingerprint density at radius 1 is 1.30 bits per heavy atom. The van der Waals surface area contributed by atoms with Gasteiger partial charge in [-0.25, -0.2) is 0 Å². The van der Waals surface area contributed by atoms with E-state index in [9.17, 15) is 18.0 Å². The summed E-state index contributed by atoms with van der Waals surface area (Å²) in [5, 5.41) is 2.90. The van der Waals surface area contributed by atoms with E-state index in [1.54, 1.807) is 13.8 Å². The maximum Gasteiger partial charge on any atom is 0.416 e. The summed E-state index contributed by atoms with van der Waals surface area (Å²) < 4.78 is 43.8. The Balaban J connectivity index is 3.05. The maximum atomic E-state index is 13.0. The van der Waals surface area contributed by atoms with Crippen molar-refractivity contribution in [2.75, 3.05) is 13.2 Å². The number of halogens is 3. The second-order valence-electron chi connectivity index (χ2n) is 4.20. The van der Waals surface area contributed by atoms with Crippen molar-refractivity contribution < 1.29 is 22.7 Å². The monoisotopic (exact) mass is 289 g/mol. The van der Waals surface area contributed by atoms with Gasteiger partial charge in [0, 0.05) is 6.04 Å². The predicted octanol–water partition coefficient (Wildman–Crippen LogP) is 3.31. The highest BCUT2D eigenvalue weighted by molar-refractivity contribution is 5.70. The Labute approximate surface area is 116 Å². The normalized spacial score (nSPS) is 13.1. The molecule has 0 fully saturated rings. The van der Waals surface area contributed by atoms with E-state index in [2.05, 4.69) is 5.32 Å². The molecule has 20 heavy (non-hydrogen) atoms. The summed E-state index contributed by atoms with van der Waals surface area (Å²) in [6.07, 6.45) is -4.58. The molecule has 0 radical (unpaired) electrons. The first-order valence-corrected chi connectivity index (χ1v) is 6.45. The van der Waals surface area contributed by atoms with Crippen LogP contribution in [0, 0.1) is 0 Å². The summed E-state index contributed by atoms with van der Waals surface area (Å²) >= 11 is 0. The lowest BCUT2D eigenvalue weighted by atomic mass is 9.97. The molecule has 0 spiro atoms. The molecule has 1 unspecified atom stereocenters. The van der Waals surface area contributed by atoms with E-state index in [0.717, 1.165) is 6.07 Å². The molecule has 112 valence electrons. The van der Waals surface area contributed by atoms with Gasteiger partial charge in [-0.15, -0.1) is 0 Å². The van der Waals surface area contributed by atoms with Crippen molar-refractivity contribution in [3.05, 3.63) is 35.4 Å². The van der Waals surface area contributed by atoms with Crippen molar-refractivity contribution in [2.45, 2.75) is 32.5 Å². The molecule has 1 aromatic carbocycles. The lowest BCUT2D eigenvalue weighted by molar-refractivity contribution is -0.145. The summed E-state index contributed by atoms with van der Waals surface area (Å²) in [4.78, 5) is 11.5. The van der Waals surface area contributed by atoms with Crippen LogP contribution in [0.5, 0.6) is 0 Å². The van der Waals surface area contributed by atoms with Crippen molar-refractivity contribution in [1.82, 2.24) is 5.32 Å². The standard InChI is InChI=1S/C14H18F3NO2/c1-3-18-12(9-13(19)20-4-2)10-7-5-6-8-11(10)14(15,16)17/h5-8,12,18H,3-4,9H2,1-2H3. The van der Waals surface area contributed by atoms with E-state index >= 15 is 0 Å². The van der Waals surface area contributed by atoms with Gasteiger partial charge in [-0.1, -0.05) is 25.1 Å². The van der Waals surface area contributed by atoms with Crippen molar-refractivity contribution in [2.24, 2.45) is 0 Å². The zero-order valence-electron chi connectivity index (χ0n) is 11.5. The highest BCUT2D eigenvalue weighted by Gasteiger charge is 2.35. The van der Waals surface area contributed by atoms with Crippen molar-refractivity contribution in [1.29, 1.82) is 0 Å². The van der Waals surface area contributed by atoms with E-state index in [4.69, 9.17) is 4.74 Å². The molecule has 0 aliphatic heterocycles. The Morgan fingerprint density at radius 3 is 2.50 bits per heavy atom. The second kappa shape index (κ2) is 7.28. The zero-order valence-corrected chi connectivity index (χ0v) is 11.5. The van der Waals surface area contributed by atoms with Crippen molar-refractivity contribution >= 4 is 5.97 Å². The molecule has 1 aromatic rings. The molecule has 0 aliphatic carbocycles. The van der Waals surface area contributed by atoms with Gasteiger partial charge in [0.1, 0.15) is 0 Å². The zero-order chi connectivity index (χ0) is 15.2. The fourth-order valence-corrected chi connectivity index (χ4v) is 1.98. The first kappa shape index (κ1) is 16.5. The van der Waals surface area contributed by atoms with Crippen LogP contribution in [0.15, 0.2) is 24.3 Å². The Bertz CT molecular complexity index is 446. The van der Waals surface area contributed by atoms with E-state index in [-0.39, 0.29) is 18.6 Å². The average molecular weight is 289 g/mol. The number of hydrogen-bond acceptors (Lipinski definition) is 3. The quantitative estimate of drug-likeness (QED) is 0.817. The molecule has 0 aliphatic rings. The molecule has 0 saturated carbocycles. The van der Waals surface area contributed by atoms with Crippen molar-refractivity contribution in [3.63, 3.8) is 0 Å². The maximum absolute atomic E-state index is 13.0. The molecule has 3 nitrogen and oxygen atoms in total. The van der Waals surface area contributed by atoms with Crippen LogP contribution in [0.25, 0.3) is 0 Å². The molecule has 1 N–H and O–H groups in total. The third kappa shape index (κ3) is 4.52. The van der Waals surface area contributed by atoms with Crippen LogP contribution in [-0.2, 0) is 15.7 Å². The summed E-state index contributed by atoms with van der Waals surface area (Å²) in [5.41, 5.74) is -0.662. The molecule has 0 amide bonds. The minimum absolute atomic E-state index is 0.0647. The number of alkyl halides is 3. The second-order valence-corrected chi connectivity index (χ2v) is 4.20. The fraction of sp³-hybridized carbons (Fsp3) is 0.500. The van der Waals surface area contributed by atoms with E-state index < -0.39 is 23.8 Å². The number of carbonyl (C=O) groups excluding carboxylic acids is 1. The number of rotatable bonds is 6. The fourth-order valence-electron chi connectivity index (χ4n) is 1.98. The summed E-state index contributed by atoms with van der Waals surface area (Å²) in [6.45, 7) is 4.09. The molecular formula is C14H18F3NO2. The van der Waals surface area contributed by atoms with E-state index in [0.29, 0.717) is 6.54 Å². The number of nitrogens with one attached hydrogen (secondary N) is 1. The lowest BCUT2D eigenvalue weighted by Crippen LogP contribution is -2.27. The van der Waals surface area contributed by atoms with Crippen LogP contribution in [0.4, 0.5) is 13.2 Å². The minimum Gasteiger partial charge on any atom is -0.466 e.